The summed E-state index contributed by atoms with van der Waals surface area (Å²) < 4.78 is 34.0. The summed E-state index contributed by atoms with van der Waals surface area (Å²) in [5.74, 6) is -0.0774. The van der Waals surface area contributed by atoms with E-state index in [0.29, 0.717) is 0 Å². The number of alkyl halides is 2. The minimum atomic E-state index is -2.86. The minimum Gasteiger partial charge on any atom is -0.444 e. The molecule has 0 radical (unpaired) electrons. The maximum absolute atomic E-state index is 12.2. The number of nitrogens with zero attached hydrogens (tertiary/aromatic N) is 2. The van der Waals surface area contributed by atoms with Gasteiger partial charge in [0.15, 0.2) is 0 Å². The quantitative estimate of drug-likeness (QED) is 0.750. The van der Waals surface area contributed by atoms with E-state index in [4.69, 9.17) is 4.74 Å². The monoisotopic (exact) mass is 380 g/mol. The Labute approximate surface area is 158 Å². The zero-order valence-corrected chi connectivity index (χ0v) is 16.0. The van der Waals surface area contributed by atoms with Gasteiger partial charge in [-0.3, -0.25) is 0 Å². The highest BCUT2D eigenvalue weighted by Crippen LogP contribution is 2.46. The molecule has 27 heavy (non-hydrogen) atoms. The fourth-order valence-corrected chi connectivity index (χ4v) is 3.65. The van der Waals surface area contributed by atoms with Gasteiger partial charge in [0.05, 0.1) is 0 Å². The van der Waals surface area contributed by atoms with Crippen LogP contribution in [-0.2, 0) is 4.74 Å². The zero-order valence-electron chi connectivity index (χ0n) is 16.0. The van der Waals surface area contributed by atoms with Gasteiger partial charge >= 0.3 is 12.7 Å². The van der Waals surface area contributed by atoms with E-state index in [9.17, 15) is 13.6 Å². The molecule has 1 saturated carbocycles. The smallest absolute Gasteiger partial charge is 0.410 e. The van der Waals surface area contributed by atoms with Crippen molar-refractivity contribution in [1.82, 2.24) is 9.88 Å². The van der Waals surface area contributed by atoms with Crippen LogP contribution in [0.25, 0.3) is 6.08 Å². The number of hydrogen-bond acceptors (Lipinski definition) is 4. The summed E-state index contributed by atoms with van der Waals surface area (Å²) in [7, 11) is 0. The highest BCUT2D eigenvalue weighted by atomic mass is 19.3. The van der Waals surface area contributed by atoms with E-state index in [1.165, 1.54) is 11.6 Å². The standard InChI is InChI=1S/C20H26F2N2O3/c1-19(2,3)27-18(25)24-12-20(13-24)8-6-14(7-9-20)10-15-4-5-16(23-11-15)26-17(21)22/h4-5,10-11,17H,6-9,12-13H2,1-3H3. The molecule has 148 valence electrons. The van der Waals surface area contributed by atoms with Crippen LogP contribution in [0, 0.1) is 5.41 Å². The summed E-state index contributed by atoms with van der Waals surface area (Å²) in [6, 6.07) is 3.18. The number of carbonyl (C=O) groups is 1. The molecule has 5 nitrogen and oxygen atoms in total. The topological polar surface area (TPSA) is 51.7 Å². The Bertz CT molecular complexity index is 693. The highest BCUT2D eigenvalue weighted by Gasteiger charge is 2.47. The first kappa shape index (κ1) is 19.6. The Morgan fingerprint density at radius 3 is 2.44 bits per heavy atom. The molecule has 0 unspecified atom stereocenters. The Balaban J connectivity index is 1.49. The molecule has 1 aliphatic carbocycles. The highest BCUT2D eigenvalue weighted by molar-refractivity contribution is 5.69. The second-order valence-electron chi connectivity index (χ2n) is 8.45. The van der Waals surface area contributed by atoms with E-state index in [0.717, 1.165) is 44.3 Å². The molecule has 2 aliphatic rings. The number of allylic oxidation sites excluding steroid dienone is 1. The minimum absolute atomic E-state index is 0.0774. The second-order valence-corrected chi connectivity index (χ2v) is 8.45. The predicted molar refractivity (Wildman–Crippen MR) is 97.6 cm³/mol. The predicted octanol–water partition coefficient (Wildman–Crippen LogP) is 4.88. The Kier molecular flexibility index (Phi) is 5.40. The first-order chi connectivity index (χ1) is 12.6. The van der Waals surface area contributed by atoms with Gasteiger partial charge < -0.3 is 14.4 Å². The number of ether oxygens (including phenoxy) is 2. The maximum Gasteiger partial charge on any atom is 0.410 e. The van der Waals surface area contributed by atoms with Crippen LogP contribution in [0.5, 0.6) is 5.88 Å². The Hall–Kier alpha value is -2.18. The van der Waals surface area contributed by atoms with Gasteiger partial charge in [-0.15, -0.1) is 0 Å². The summed E-state index contributed by atoms with van der Waals surface area (Å²) in [6.07, 6.45) is 7.40. The molecule has 0 bridgehead atoms. The molecule has 1 aliphatic heterocycles. The Morgan fingerprint density at radius 2 is 1.93 bits per heavy atom. The number of rotatable bonds is 3. The number of aromatic nitrogens is 1. The van der Waals surface area contributed by atoms with Crippen LogP contribution < -0.4 is 4.74 Å². The number of likely N-dealkylation sites (tertiary alicyclic amines) is 1. The molecule has 1 saturated heterocycles. The summed E-state index contributed by atoms with van der Waals surface area (Å²) in [4.78, 5) is 17.8. The molecule has 3 rings (SSSR count). The lowest BCUT2D eigenvalue weighted by molar-refractivity contribution is -0.0528. The van der Waals surface area contributed by atoms with E-state index in [1.807, 2.05) is 20.8 Å². The van der Waals surface area contributed by atoms with Crippen molar-refractivity contribution in [3.63, 3.8) is 0 Å². The average molecular weight is 380 g/mol. The second kappa shape index (κ2) is 7.44. The van der Waals surface area contributed by atoms with Gasteiger partial charge in [-0.2, -0.15) is 8.78 Å². The lowest BCUT2D eigenvalue weighted by Gasteiger charge is -2.52. The van der Waals surface area contributed by atoms with Gasteiger partial charge in [0.1, 0.15) is 5.60 Å². The summed E-state index contributed by atoms with van der Waals surface area (Å²) >= 11 is 0. The van der Waals surface area contributed by atoms with Crippen LogP contribution in [-0.4, -0.2) is 41.3 Å². The number of pyridine rings is 1. The fraction of sp³-hybridized carbons (Fsp3) is 0.600. The van der Waals surface area contributed by atoms with Crippen LogP contribution in [0.1, 0.15) is 52.0 Å². The summed E-state index contributed by atoms with van der Waals surface area (Å²) in [6.45, 7) is 4.28. The molecule has 2 fully saturated rings. The van der Waals surface area contributed by atoms with Gasteiger partial charge in [-0.25, -0.2) is 9.78 Å². The zero-order chi connectivity index (χ0) is 19.7. The van der Waals surface area contributed by atoms with Crippen molar-refractivity contribution in [2.75, 3.05) is 13.1 Å². The third-order valence-electron chi connectivity index (χ3n) is 5.00. The largest absolute Gasteiger partial charge is 0.444 e. The van der Waals surface area contributed by atoms with E-state index >= 15 is 0 Å². The van der Waals surface area contributed by atoms with Gasteiger partial charge in [-0.1, -0.05) is 11.6 Å². The SMILES string of the molecule is CC(C)(C)OC(=O)N1CC2(CCC(=Cc3ccc(OC(F)F)nc3)CC2)C1. The fourth-order valence-electron chi connectivity index (χ4n) is 3.65. The van der Waals surface area contributed by atoms with Crippen LogP contribution in [0.2, 0.25) is 0 Å². The lowest BCUT2D eigenvalue weighted by Crippen LogP contribution is -2.59. The van der Waals surface area contributed by atoms with Crippen LogP contribution in [0.4, 0.5) is 13.6 Å². The van der Waals surface area contributed by atoms with E-state index in [1.54, 1.807) is 17.2 Å². The third kappa shape index (κ3) is 5.17. The molecule has 2 heterocycles. The molecule has 1 aromatic rings. The normalized spacial score (nSPS) is 19.0. The van der Waals surface area contributed by atoms with Crippen LogP contribution in [0.15, 0.2) is 23.9 Å². The van der Waals surface area contributed by atoms with E-state index < -0.39 is 12.2 Å². The maximum atomic E-state index is 12.2. The summed E-state index contributed by atoms with van der Waals surface area (Å²) in [5, 5.41) is 0. The van der Waals surface area contributed by atoms with Crippen molar-refractivity contribution in [1.29, 1.82) is 0 Å². The van der Waals surface area contributed by atoms with Crippen molar-refractivity contribution in [2.45, 2.75) is 58.7 Å². The number of carbonyl (C=O) groups excluding carboxylic acids is 1. The first-order valence-corrected chi connectivity index (χ1v) is 9.22. The molecule has 7 heteroatoms. The first-order valence-electron chi connectivity index (χ1n) is 9.22. The Morgan fingerprint density at radius 1 is 1.26 bits per heavy atom. The number of hydrogen-bond donors (Lipinski definition) is 0. The molecule has 1 spiro atoms. The lowest BCUT2D eigenvalue weighted by atomic mass is 9.67. The van der Waals surface area contributed by atoms with Crippen molar-refractivity contribution < 1.29 is 23.0 Å². The van der Waals surface area contributed by atoms with Crippen molar-refractivity contribution in [3.05, 3.63) is 29.5 Å². The molecular formula is C20H26F2N2O3. The van der Waals surface area contributed by atoms with Crippen LogP contribution in [0.3, 0.4) is 0 Å². The van der Waals surface area contributed by atoms with Gasteiger partial charge in [0.25, 0.3) is 0 Å². The molecule has 0 N–H and O–H groups in total. The van der Waals surface area contributed by atoms with Crippen molar-refractivity contribution in [2.24, 2.45) is 5.41 Å². The summed E-state index contributed by atoms with van der Waals surface area (Å²) in [5.41, 5.74) is 1.94. The van der Waals surface area contributed by atoms with E-state index in [2.05, 4.69) is 15.8 Å². The average Bonchev–Trinajstić information content (AvgIpc) is 2.53. The van der Waals surface area contributed by atoms with Crippen LogP contribution >= 0.6 is 0 Å². The number of halogens is 2. The molecule has 1 aromatic heterocycles. The molecular weight excluding hydrogens is 354 g/mol. The molecule has 1 amide bonds. The third-order valence-corrected chi connectivity index (χ3v) is 5.00. The number of amides is 1. The van der Waals surface area contributed by atoms with E-state index in [-0.39, 0.29) is 17.4 Å². The molecule has 0 atom stereocenters. The van der Waals surface area contributed by atoms with Gasteiger partial charge in [0.2, 0.25) is 5.88 Å². The van der Waals surface area contributed by atoms with Gasteiger partial charge in [-0.05, 0) is 58.1 Å². The molecule has 0 aromatic carbocycles. The van der Waals surface area contributed by atoms with Gasteiger partial charge in [0, 0.05) is 30.8 Å². The van der Waals surface area contributed by atoms with Crippen molar-refractivity contribution >= 4 is 12.2 Å². The van der Waals surface area contributed by atoms with Crippen molar-refractivity contribution in [3.8, 4) is 5.88 Å².